The number of amides is 1. The number of carbonyl (C=O) groups is 1. The third-order valence-electron chi connectivity index (χ3n) is 4.97. The standard InChI is InChI=1S/C16H27N5O2/c1-3-14-17-16(23-18-14)13(2)20-10-7-19(8-11-20)9-12-21-6-4-5-15(21)22/h13H,3-12H2,1-2H3/t13-/m0/s1. The Morgan fingerprint density at radius 3 is 2.57 bits per heavy atom. The average molecular weight is 321 g/mol. The molecule has 7 nitrogen and oxygen atoms in total. The molecule has 0 unspecified atom stereocenters. The average Bonchev–Trinajstić information content (AvgIpc) is 3.21. The van der Waals surface area contributed by atoms with E-state index in [1.165, 1.54) is 0 Å². The Kier molecular flexibility index (Phi) is 5.27. The fourth-order valence-corrected chi connectivity index (χ4v) is 3.31. The van der Waals surface area contributed by atoms with Gasteiger partial charge in [0.25, 0.3) is 0 Å². The normalized spacial score (nSPS) is 22.0. The molecular formula is C16H27N5O2. The van der Waals surface area contributed by atoms with Crippen LogP contribution in [-0.2, 0) is 11.2 Å². The van der Waals surface area contributed by atoms with Crippen molar-refractivity contribution in [2.75, 3.05) is 45.8 Å². The predicted molar refractivity (Wildman–Crippen MR) is 85.9 cm³/mol. The molecule has 0 N–H and O–H groups in total. The molecule has 3 heterocycles. The Morgan fingerprint density at radius 2 is 1.96 bits per heavy atom. The topological polar surface area (TPSA) is 65.7 Å². The third kappa shape index (κ3) is 3.90. The number of likely N-dealkylation sites (tertiary alicyclic amines) is 1. The minimum Gasteiger partial charge on any atom is -0.341 e. The summed E-state index contributed by atoms with van der Waals surface area (Å²) in [6.07, 6.45) is 2.56. The molecule has 0 aromatic carbocycles. The van der Waals surface area contributed by atoms with Crippen LogP contribution in [0.25, 0.3) is 0 Å². The van der Waals surface area contributed by atoms with Gasteiger partial charge in [0.2, 0.25) is 11.8 Å². The summed E-state index contributed by atoms with van der Waals surface area (Å²) in [6.45, 7) is 11.0. The molecule has 0 saturated carbocycles. The highest BCUT2D eigenvalue weighted by molar-refractivity contribution is 5.78. The van der Waals surface area contributed by atoms with Gasteiger partial charge in [-0.15, -0.1) is 0 Å². The molecule has 3 rings (SSSR count). The number of hydrogen-bond donors (Lipinski definition) is 0. The van der Waals surface area contributed by atoms with E-state index >= 15 is 0 Å². The summed E-state index contributed by atoms with van der Waals surface area (Å²) < 4.78 is 5.36. The monoisotopic (exact) mass is 321 g/mol. The van der Waals surface area contributed by atoms with E-state index in [0.717, 1.165) is 76.8 Å². The van der Waals surface area contributed by atoms with Crippen molar-refractivity contribution < 1.29 is 9.32 Å². The predicted octanol–water partition coefficient (Wildman–Crippen LogP) is 0.933. The second kappa shape index (κ2) is 7.40. The Morgan fingerprint density at radius 1 is 1.17 bits per heavy atom. The molecule has 0 bridgehead atoms. The first kappa shape index (κ1) is 16.4. The first-order valence-corrected chi connectivity index (χ1v) is 8.74. The summed E-state index contributed by atoms with van der Waals surface area (Å²) in [7, 11) is 0. The lowest BCUT2D eigenvalue weighted by Crippen LogP contribution is -2.49. The summed E-state index contributed by atoms with van der Waals surface area (Å²) in [5, 5.41) is 3.99. The molecule has 2 aliphatic rings. The van der Waals surface area contributed by atoms with Crippen molar-refractivity contribution in [3.8, 4) is 0 Å². The Labute approximate surface area is 137 Å². The molecule has 1 amide bonds. The SMILES string of the molecule is CCc1noc([C@H](C)N2CCN(CCN3CCCC3=O)CC2)n1. The highest BCUT2D eigenvalue weighted by atomic mass is 16.5. The fraction of sp³-hybridized carbons (Fsp3) is 0.812. The van der Waals surface area contributed by atoms with E-state index < -0.39 is 0 Å². The van der Waals surface area contributed by atoms with Gasteiger partial charge in [-0.25, -0.2) is 0 Å². The van der Waals surface area contributed by atoms with Crippen LogP contribution in [0.15, 0.2) is 4.52 Å². The number of hydrogen-bond acceptors (Lipinski definition) is 6. The summed E-state index contributed by atoms with van der Waals surface area (Å²) in [5.41, 5.74) is 0. The number of aromatic nitrogens is 2. The molecule has 0 aliphatic carbocycles. The van der Waals surface area contributed by atoms with E-state index in [4.69, 9.17) is 4.52 Å². The molecule has 0 spiro atoms. The van der Waals surface area contributed by atoms with E-state index in [0.29, 0.717) is 5.91 Å². The van der Waals surface area contributed by atoms with Gasteiger partial charge < -0.3 is 9.42 Å². The molecule has 1 aromatic heterocycles. The number of aryl methyl sites for hydroxylation is 1. The Bertz CT molecular complexity index is 524. The van der Waals surface area contributed by atoms with Gasteiger partial charge in [0, 0.05) is 58.7 Å². The van der Waals surface area contributed by atoms with Gasteiger partial charge in [-0.2, -0.15) is 4.98 Å². The van der Waals surface area contributed by atoms with Crippen molar-refractivity contribution in [2.24, 2.45) is 0 Å². The maximum absolute atomic E-state index is 11.6. The zero-order valence-electron chi connectivity index (χ0n) is 14.2. The zero-order chi connectivity index (χ0) is 16.2. The van der Waals surface area contributed by atoms with E-state index in [1.54, 1.807) is 0 Å². The minimum atomic E-state index is 0.171. The van der Waals surface area contributed by atoms with Gasteiger partial charge in [0.1, 0.15) is 0 Å². The van der Waals surface area contributed by atoms with Gasteiger partial charge in [-0.3, -0.25) is 14.6 Å². The quantitative estimate of drug-likeness (QED) is 0.777. The van der Waals surface area contributed by atoms with Crippen molar-refractivity contribution in [1.29, 1.82) is 0 Å². The first-order valence-electron chi connectivity index (χ1n) is 8.74. The number of rotatable bonds is 6. The molecule has 2 saturated heterocycles. The highest BCUT2D eigenvalue weighted by Gasteiger charge is 2.26. The maximum Gasteiger partial charge on any atom is 0.243 e. The van der Waals surface area contributed by atoms with Crippen LogP contribution in [0.3, 0.4) is 0 Å². The number of carbonyl (C=O) groups excluding carboxylic acids is 1. The van der Waals surface area contributed by atoms with Crippen LogP contribution in [0, 0.1) is 0 Å². The molecule has 128 valence electrons. The van der Waals surface area contributed by atoms with Gasteiger partial charge in [0.15, 0.2) is 5.82 Å². The lowest BCUT2D eigenvalue weighted by Gasteiger charge is -2.37. The summed E-state index contributed by atoms with van der Waals surface area (Å²) >= 11 is 0. The van der Waals surface area contributed by atoms with Crippen molar-refractivity contribution in [2.45, 2.75) is 39.2 Å². The summed E-state index contributed by atoms with van der Waals surface area (Å²) in [4.78, 5) is 22.9. The van der Waals surface area contributed by atoms with Crippen LogP contribution in [0.5, 0.6) is 0 Å². The second-order valence-electron chi connectivity index (χ2n) is 6.44. The number of nitrogens with zero attached hydrogens (tertiary/aromatic N) is 5. The molecule has 2 fully saturated rings. The van der Waals surface area contributed by atoms with Crippen LogP contribution in [0.2, 0.25) is 0 Å². The highest BCUT2D eigenvalue weighted by Crippen LogP contribution is 2.20. The first-order chi connectivity index (χ1) is 11.2. The van der Waals surface area contributed by atoms with Crippen LogP contribution in [0.1, 0.15) is 44.4 Å². The Balaban J connectivity index is 1.43. The van der Waals surface area contributed by atoms with E-state index in [-0.39, 0.29) is 6.04 Å². The van der Waals surface area contributed by atoms with Crippen LogP contribution in [0.4, 0.5) is 0 Å². The largest absolute Gasteiger partial charge is 0.341 e. The molecule has 1 aromatic rings. The Hall–Kier alpha value is -1.47. The lowest BCUT2D eigenvalue weighted by atomic mass is 10.2. The van der Waals surface area contributed by atoms with E-state index in [1.807, 2.05) is 11.8 Å². The van der Waals surface area contributed by atoms with Gasteiger partial charge in [0.05, 0.1) is 6.04 Å². The minimum absolute atomic E-state index is 0.171. The summed E-state index contributed by atoms with van der Waals surface area (Å²) in [6, 6.07) is 0.171. The van der Waals surface area contributed by atoms with Crippen molar-refractivity contribution in [3.63, 3.8) is 0 Å². The van der Waals surface area contributed by atoms with Crippen molar-refractivity contribution in [1.82, 2.24) is 24.8 Å². The fourth-order valence-electron chi connectivity index (χ4n) is 3.31. The molecular weight excluding hydrogens is 294 g/mol. The van der Waals surface area contributed by atoms with E-state index in [9.17, 15) is 4.79 Å². The smallest absolute Gasteiger partial charge is 0.243 e. The molecule has 23 heavy (non-hydrogen) atoms. The summed E-state index contributed by atoms with van der Waals surface area (Å²) in [5.74, 6) is 1.82. The maximum atomic E-state index is 11.6. The lowest BCUT2D eigenvalue weighted by molar-refractivity contribution is -0.127. The van der Waals surface area contributed by atoms with Crippen LogP contribution in [-0.4, -0.2) is 76.6 Å². The molecule has 7 heteroatoms. The number of piperazine rings is 1. The van der Waals surface area contributed by atoms with Gasteiger partial charge >= 0.3 is 0 Å². The van der Waals surface area contributed by atoms with Gasteiger partial charge in [-0.1, -0.05) is 12.1 Å². The van der Waals surface area contributed by atoms with Crippen LogP contribution >= 0.6 is 0 Å². The molecule has 0 radical (unpaired) electrons. The van der Waals surface area contributed by atoms with Crippen molar-refractivity contribution >= 4 is 5.91 Å². The third-order valence-corrected chi connectivity index (χ3v) is 4.97. The van der Waals surface area contributed by atoms with E-state index in [2.05, 4.69) is 26.9 Å². The zero-order valence-corrected chi connectivity index (χ0v) is 14.2. The second-order valence-corrected chi connectivity index (χ2v) is 6.44. The van der Waals surface area contributed by atoms with Gasteiger partial charge in [-0.05, 0) is 13.3 Å². The molecule has 2 aliphatic heterocycles. The van der Waals surface area contributed by atoms with Crippen LogP contribution < -0.4 is 0 Å². The molecule has 1 atom stereocenters. The van der Waals surface area contributed by atoms with Crippen molar-refractivity contribution in [3.05, 3.63) is 11.7 Å².